The molecule has 1 aromatic heterocycles. The van der Waals surface area contributed by atoms with Gasteiger partial charge in [-0.15, -0.1) is 0 Å². The summed E-state index contributed by atoms with van der Waals surface area (Å²) in [4.78, 5) is 14.3. The van der Waals surface area contributed by atoms with Gasteiger partial charge in [0.1, 0.15) is 6.54 Å². The molecule has 1 saturated heterocycles. The van der Waals surface area contributed by atoms with Crippen LogP contribution in [0, 0.1) is 0 Å². The molecule has 0 radical (unpaired) electrons. The van der Waals surface area contributed by atoms with Crippen molar-refractivity contribution in [3.8, 4) is 0 Å². The average molecular weight is 263 g/mol. The van der Waals surface area contributed by atoms with Crippen molar-refractivity contribution in [3.05, 3.63) is 24.0 Å². The second-order valence-electron chi connectivity index (χ2n) is 5.27. The molecule has 1 amide bonds. The van der Waals surface area contributed by atoms with E-state index in [1.165, 1.54) is 18.4 Å². The monoisotopic (exact) mass is 263 g/mol. The molecule has 0 saturated carbocycles. The zero-order chi connectivity index (χ0) is 13.5. The van der Waals surface area contributed by atoms with Gasteiger partial charge >= 0.3 is 0 Å². The first-order chi connectivity index (χ1) is 9.29. The summed E-state index contributed by atoms with van der Waals surface area (Å²) in [5.74, 6) is 0.257. The summed E-state index contributed by atoms with van der Waals surface area (Å²) in [6.45, 7) is 6.29. The predicted molar refractivity (Wildman–Crippen MR) is 76.9 cm³/mol. The third kappa shape index (κ3) is 4.39. The molecule has 0 bridgehead atoms. The molecule has 1 N–H and O–H groups in total. The number of carbonyl (C=O) groups excluding carboxylic acids is 1. The molecule has 0 unspecified atom stereocenters. The molecule has 1 aliphatic rings. The van der Waals surface area contributed by atoms with Crippen LogP contribution in [0.1, 0.15) is 38.2 Å². The number of hydrogen-bond acceptors (Lipinski definition) is 2. The smallest absolute Gasteiger partial charge is 0.242 e. The van der Waals surface area contributed by atoms with Crippen molar-refractivity contribution in [1.82, 2.24) is 14.8 Å². The molecule has 4 heteroatoms. The van der Waals surface area contributed by atoms with Crippen LogP contribution in [0.2, 0.25) is 0 Å². The van der Waals surface area contributed by atoms with Crippen molar-refractivity contribution in [1.29, 1.82) is 0 Å². The predicted octanol–water partition coefficient (Wildman–Crippen LogP) is 2.00. The molecule has 0 atom stereocenters. The van der Waals surface area contributed by atoms with E-state index in [2.05, 4.69) is 24.5 Å². The van der Waals surface area contributed by atoms with Gasteiger partial charge in [0.15, 0.2) is 0 Å². The largest absolute Gasteiger partial charge is 0.345 e. The third-order valence-electron chi connectivity index (χ3n) is 3.67. The first-order valence-electron chi connectivity index (χ1n) is 7.42. The Bertz CT molecular complexity index is 392. The van der Waals surface area contributed by atoms with Crippen molar-refractivity contribution in [2.45, 2.75) is 45.7 Å². The van der Waals surface area contributed by atoms with Gasteiger partial charge in [-0.05, 0) is 31.0 Å². The number of rotatable bonds is 5. The van der Waals surface area contributed by atoms with Gasteiger partial charge in [0.05, 0.1) is 0 Å². The lowest BCUT2D eigenvalue weighted by Gasteiger charge is -2.20. The minimum atomic E-state index is 0.257. The van der Waals surface area contributed by atoms with Crippen molar-refractivity contribution in [2.75, 3.05) is 19.6 Å². The van der Waals surface area contributed by atoms with E-state index >= 15 is 0 Å². The van der Waals surface area contributed by atoms with Crippen LogP contribution in [0.5, 0.6) is 0 Å². The highest BCUT2D eigenvalue weighted by molar-refractivity contribution is 5.76. The van der Waals surface area contributed by atoms with E-state index in [1.54, 1.807) is 0 Å². The standard InChI is InChI=1S/C15H25N3O/c1-2-16-11-14-7-10-17(12-14)13-15(19)18-8-5-3-4-6-9-18/h7,10,12,16H,2-6,8-9,11,13H2,1H3. The molecule has 2 rings (SSSR count). The topological polar surface area (TPSA) is 37.3 Å². The van der Waals surface area contributed by atoms with Gasteiger partial charge < -0.3 is 14.8 Å². The van der Waals surface area contributed by atoms with E-state index in [0.717, 1.165) is 39.0 Å². The molecular weight excluding hydrogens is 238 g/mol. The molecule has 106 valence electrons. The number of nitrogens with zero attached hydrogens (tertiary/aromatic N) is 2. The maximum atomic E-state index is 12.2. The Labute approximate surface area is 115 Å². The molecule has 0 aromatic carbocycles. The fourth-order valence-corrected chi connectivity index (χ4v) is 2.54. The van der Waals surface area contributed by atoms with Crippen LogP contribution in [0.25, 0.3) is 0 Å². The molecule has 0 spiro atoms. The van der Waals surface area contributed by atoms with Gasteiger partial charge in [-0.2, -0.15) is 0 Å². The zero-order valence-corrected chi connectivity index (χ0v) is 11.9. The Kier molecular flexibility index (Phi) is 5.45. The van der Waals surface area contributed by atoms with E-state index < -0.39 is 0 Å². The molecule has 0 aliphatic carbocycles. The molecule has 1 fully saturated rings. The van der Waals surface area contributed by atoms with Crippen LogP contribution in [-0.4, -0.2) is 35.0 Å². The number of nitrogens with one attached hydrogen (secondary N) is 1. The summed E-state index contributed by atoms with van der Waals surface area (Å²) in [5, 5.41) is 3.29. The first kappa shape index (κ1) is 14.1. The summed E-state index contributed by atoms with van der Waals surface area (Å²) in [5.41, 5.74) is 1.24. The van der Waals surface area contributed by atoms with Crippen molar-refractivity contribution in [2.24, 2.45) is 0 Å². The van der Waals surface area contributed by atoms with E-state index in [0.29, 0.717) is 6.54 Å². The second kappa shape index (κ2) is 7.34. The molecule has 19 heavy (non-hydrogen) atoms. The summed E-state index contributed by atoms with van der Waals surface area (Å²) in [6, 6.07) is 2.08. The summed E-state index contributed by atoms with van der Waals surface area (Å²) >= 11 is 0. The lowest BCUT2D eigenvalue weighted by atomic mass is 10.2. The maximum absolute atomic E-state index is 12.2. The van der Waals surface area contributed by atoms with Gasteiger partial charge in [-0.3, -0.25) is 4.79 Å². The van der Waals surface area contributed by atoms with Gasteiger partial charge in [0.2, 0.25) is 5.91 Å². The van der Waals surface area contributed by atoms with Crippen LogP contribution in [-0.2, 0) is 17.9 Å². The third-order valence-corrected chi connectivity index (χ3v) is 3.67. The van der Waals surface area contributed by atoms with E-state index in [1.807, 2.05) is 15.7 Å². The Hall–Kier alpha value is -1.29. The van der Waals surface area contributed by atoms with Crippen LogP contribution in [0.15, 0.2) is 18.5 Å². The number of aromatic nitrogens is 1. The Balaban J connectivity index is 1.85. The summed E-state index contributed by atoms with van der Waals surface area (Å²) in [7, 11) is 0. The van der Waals surface area contributed by atoms with Gasteiger partial charge in [0, 0.05) is 32.0 Å². The van der Waals surface area contributed by atoms with Crippen LogP contribution >= 0.6 is 0 Å². The number of amides is 1. The maximum Gasteiger partial charge on any atom is 0.242 e. The molecule has 4 nitrogen and oxygen atoms in total. The lowest BCUT2D eigenvalue weighted by molar-refractivity contribution is -0.131. The number of carbonyl (C=O) groups is 1. The Morgan fingerprint density at radius 1 is 1.26 bits per heavy atom. The van der Waals surface area contributed by atoms with Crippen LogP contribution < -0.4 is 5.32 Å². The number of hydrogen-bond donors (Lipinski definition) is 1. The molecule has 1 aliphatic heterocycles. The van der Waals surface area contributed by atoms with Gasteiger partial charge in [-0.25, -0.2) is 0 Å². The van der Waals surface area contributed by atoms with Crippen LogP contribution in [0.4, 0.5) is 0 Å². The van der Waals surface area contributed by atoms with E-state index in [9.17, 15) is 4.79 Å². The quantitative estimate of drug-likeness (QED) is 0.882. The fourth-order valence-electron chi connectivity index (χ4n) is 2.54. The fraction of sp³-hybridized carbons (Fsp3) is 0.667. The minimum absolute atomic E-state index is 0.257. The van der Waals surface area contributed by atoms with Crippen molar-refractivity contribution in [3.63, 3.8) is 0 Å². The van der Waals surface area contributed by atoms with Gasteiger partial charge in [-0.1, -0.05) is 19.8 Å². The molecule has 2 heterocycles. The van der Waals surface area contributed by atoms with Crippen molar-refractivity contribution < 1.29 is 4.79 Å². The highest BCUT2D eigenvalue weighted by Gasteiger charge is 2.15. The van der Waals surface area contributed by atoms with Crippen LogP contribution in [0.3, 0.4) is 0 Å². The highest BCUT2D eigenvalue weighted by Crippen LogP contribution is 2.10. The average Bonchev–Trinajstić information content (AvgIpc) is 2.68. The SMILES string of the molecule is CCNCc1ccn(CC(=O)N2CCCCCC2)c1. The lowest BCUT2D eigenvalue weighted by Crippen LogP contribution is -2.34. The molecule has 1 aromatic rings. The van der Waals surface area contributed by atoms with E-state index in [-0.39, 0.29) is 5.91 Å². The van der Waals surface area contributed by atoms with Crippen molar-refractivity contribution >= 4 is 5.91 Å². The normalized spacial score (nSPS) is 16.4. The second-order valence-corrected chi connectivity index (χ2v) is 5.27. The Morgan fingerprint density at radius 2 is 2.00 bits per heavy atom. The number of likely N-dealkylation sites (tertiary alicyclic amines) is 1. The summed E-state index contributed by atoms with van der Waals surface area (Å²) < 4.78 is 2.00. The highest BCUT2D eigenvalue weighted by atomic mass is 16.2. The van der Waals surface area contributed by atoms with Gasteiger partial charge in [0.25, 0.3) is 0 Å². The Morgan fingerprint density at radius 3 is 2.68 bits per heavy atom. The molecular formula is C15H25N3O. The minimum Gasteiger partial charge on any atom is -0.345 e. The van der Waals surface area contributed by atoms with E-state index in [4.69, 9.17) is 0 Å². The first-order valence-corrected chi connectivity index (χ1v) is 7.42. The zero-order valence-electron chi connectivity index (χ0n) is 11.9. The summed E-state index contributed by atoms with van der Waals surface area (Å²) in [6.07, 6.45) is 8.91.